The Labute approximate surface area is 139 Å². The van der Waals surface area contributed by atoms with Crippen molar-refractivity contribution < 1.29 is 9.59 Å². The van der Waals surface area contributed by atoms with Crippen LogP contribution >= 0.6 is 0 Å². The fraction of sp³-hybridized carbons (Fsp3) is 0.105. The molecule has 120 valence electrons. The first-order valence-electron chi connectivity index (χ1n) is 7.58. The number of rotatable bonds is 3. The van der Waals surface area contributed by atoms with E-state index < -0.39 is 0 Å². The van der Waals surface area contributed by atoms with Crippen molar-refractivity contribution in [3.8, 4) is 0 Å². The minimum absolute atomic E-state index is 0.129. The van der Waals surface area contributed by atoms with Gasteiger partial charge < -0.3 is 10.6 Å². The minimum atomic E-state index is -0.271. The van der Waals surface area contributed by atoms with E-state index >= 15 is 0 Å². The predicted molar refractivity (Wildman–Crippen MR) is 95.2 cm³/mol. The van der Waals surface area contributed by atoms with E-state index in [1.54, 1.807) is 18.2 Å². The van der Waals surface area contributed by atoms with E-state index in [0.29, 0.717) is 11.4 Å². The van der Waals surface area contributed by atoms with Crippen molar-refractivity contribution in [3.63, 3.8) is 0 Å². The van der Waals surface area contributed by atoms with Crippen LogP contribution in [0.15, 0.2) is 54.6 Å². The number of hydrogen-bond donors (Lipinski definition) is 2. The van der Waals surface area contributed by atoms with E-state index in [9.17, 15) is 9.59 Å². The lowest BCUT2D eigenvalue weighted by atomic mass is 10.1. The Hall–Kier alpha value is -3.21. The number of nitrogens with one attached hydrogen (secondary N) is 2. The summed E-state index contributed by atoms with van der Waals surface area (Å²) in [5.74, 6) is -0.400. The lowest BCUT2D eigenvalue weighted by Crippen LogP contribution is -2.14. The molecular weight excluding hydrogens is 302 g/mol. The Morgan fingerprint density at radius 1 is 0.958 bits per heavy atom. The maximum absolute atomic E-state index is 12.4. The molecular formula is C19H17N3O2. The zero-order chi connectivity index (χ0) is 17.1. The Morgan fingerprint density at radius 2 is 1.75 bits per heavy atom. The van der Waals surface area contributed by atoms with E-state index in [0.717, 1.165) is 22.2 Å². The van der Waals surface area contributed by atoms with Crippen LogP contribution in [0, 0.1) is 6.92 Å². The standard InChI is InChI=1S/C19H17N3O2/c1-12-11-15(8-10-16(12)20-13(2)23)21-19(24)18-9-7-14-5-3-4-6-17(14)22-18/h3-11H,1-2H3,(H,20,23)(H,21,24). The Bertz CT molecular complexity index is 935. The Morgan fingerprint density at radius 3 is 2.50 bits per heavy atom. The number of carbonyl (C=O) groups is 2. The first-order valence-corrected chi connectivity index (χ1v) is 7.58. The van der Waals surface area contributed by atoms with Crippen LogP contribution in [0.3, 0.4) is 0 Å². The predicted octanol–water partition coefficient (Wildman–Crippen LogP) is 3.75. The van der Waals surface area contributed by atoms with Crippen LogP contribution in [0.25, 0.3) is 10.9 Å². The van der Waals surface area contributed by atoms with Gasteiger partial charge in [0.15, 0.2) is 0 Å². The van der Waals surface area contributed by atoms with Gasteiger partial charge in [0.2, 0.25) is 5.91 Å². The van der Waals surface area contributed by atoms with E-state index in [-0.39, 0.29) is 11.8 Å². The number of anilines is 2. The van der Waals surface area contributed by atoms with Gasteiger partial charge in [-0.2, -0.15) is 0 Å². The topological polar surface area (TPSA) is 71.1 Å². The van der Waals surface area contributed by atoms with Gasteiger partial charge in [-0.05, 0) is 42.8 Å². The molecule has 0 saturated carbocycles. The number of carbonyl (C=O) groups excluding carboxylic acids is 2. The number of nitrogens with zero attached hydrogens (tertiary/aromatic N) is 1. The number of aromatic nitrogens is 1. The quantitative estimate of drug-likeness (QED) is 0.772. The number of fused-ring (bicyclic) bond motifs is 1. The highest BCUT2D eigenvalue weighted by atomic mass is 16.2. The zero-order valence-electron chi connectivity index (χ0n) is 13.5. The zero-order valence-corrected chi connectivity index (χ0v) is 13.5. The molecule has 0 bridgehead atoms. The van der Waals surface area contributed by atoms with Crippen LogP contribution in [0.1, 0.15) is 23.0 Å². The molecule has 2 N–H and O–H groups in total. The van der Waals surface area contributed by atoms with Crippen molar-refractivity contribution in [2.24, 2.45) is 0 Å². The van der Waals surface area contributed by atoms with Crippen molar-refractivity contribution in [3.05, 3.63) is 65.9 Å². The first kappa shape index (κ1) is 15.7. The molecule has 2 amide bonds. The molecule has 0 aliphatic heterocycles. The van der Waals surface area contributed by atoms with Crippen LogP contribution in [0.2, 0.25) is 0 Å². The average Bonchev–Trinajstić information content (AvgIpc) is 2.56. The second-order valence-electron chi connectivity index (χ2n) is 5.55. The summed E-state index contributed by atoms with van der Waals surface area (Å²) in [7, 11) is 0. The summed E-state index contributed by atoms with van der Waals surface area (Å²) in [6.45, 7) is 3.33. The summed E-state index contributed by atoms with van der Waals surface area (Å²) in [4.78, 5) is 27.9. The molecule has 0 aliphatic carbocycles. The fourth-order valence-corrected chi connectivity index (χ4v) is 2.46. The highest BCUT2D eigenvalue weighted by Gasteiger charge is 2.10. The third-order valence-electron chi connectivity index (χ3n) is 3.63. The summed E-state index contributed by atoms with van der Waals surface area (Å²) >= 11 is 0. The number of amides is 2. The van der Waals surface area contributed by atoms with Gasteiger partial charge in [-0.25, -0.2) is 4.98 Å². The smallest absolute Gasteiger partial charge is 0.274 e. The van der Waals surface area contributed by atoms with Gasteiger partial charge in [-0.15, -0.1) is 0 Å². The summed E-state index contributed by atoms with van der Waals surface area (Å²) in [5, 5.41) is 6.56. The molecule has 24 heavy (non-hydrogen) atoms. The van der Waals surface area contributed by atoms with Crippen LogP contribution in [-0.4, -0.2) is 16.8 Å². The van der Waals surface area contributed by atoms with Crippen LogP contribution < -0.4 is 10.6 Å². The van der Waals surface area contributed by atoms with E-state index in [2.05, 4.69) is 15.6 Å². The van der Waals surface area contributed by atoms with E-state index in [4.69, 9.17) is 0 Å². The summed E-state index contributed by atoms with van der Waals surface area (Å²) in [6, 6.07) is 16.6. The molecule has 3 rings (SSSR count). The van der Waals surface area contributed by atoms with E-state index in [1.807, 2.05) is 43.3 Å². The fourth-order valence-electron chi connectivity index (χ4n) is 2.46. The molecule has 0 radical (unpaired) electrons. The molecule has 2 aromatic carbocycles. The lowest BCUT2D eigenvalue weighted by molar-refractivity contribution is -0.114. The second-order valence-corrected chi connectivity index (χ2v) is 5.55. The molecule has 0 fully saturated rings. The molecule has 5 heteroatoms. The van der Waals surface area contributed by atoms with Crippen LogP contribution in [-0.2, 0) is 4.79 Å². The number of hydrogen-bond acceptors (Lipinski definition) is 3. The Balaban J connectivity index is 1.80. The number of benzene rings is 2. The van der Waals surface area contributed by atoms with E-state index in [1.165, 1.54) is 6.92 Å². The Kier molecular flexibility index (Phi) is 4.24. The van der Waals surface area contributed by atoms with Gasteiger partial charge in [-0.3, -0.25) is 9.59 Å². The maximum Gasteiger partial charge on any atom is 0.274 e. The number of pyridine rings is 1. The minimum Gasteiger partial charge on any atom is -0.326 e. The van der Waals surface area contributed by atoms with Gasteiger partial charge in [0.05, 0.1) is 5.52 Å². The van der Waals surface area contributed by atoms with Gasteiger partial charge >= 0.3 is 0 Å². The molecule has 5 nitrogen and oxygen atoms in total. The highest BCUT2D eigenvalue weighted by Crippen LogP contribution is 2.20. The number of para-hydroxylation sites is 1. The van der Waals surface area contributed by atoms with Crippen molar-refractivity contribution in [1.82, 2.24) is 4.98 Å². The molecule has 1 heterocycles. The monoisotopic (exact) mass is 319 g/mol. The maximum atomic E-state index is 12.4. The van der Waals surface area contributed by atoms with Crippen molar-refractivity contribution >= 4 is 34.1 Å². The normalized spacial score (nSPS) is 10.4. The average molecular weight is 319 g/mol. The molecule has 0 aliphatic rings. The van der Waals surface area contributed by atoms with Crippen molar-refractivity contribution in [2.75, 3.05) is 10.6 Å². The third kappa shape index (κ3) is 3.41. The molecule has 0 atom stereocenters. The molecule has 0 unspecified atom stereocenters. The van der Waals surface area contributed by atoms with Gasteiger partial charge in [-0.1, -0.05) is 24.3 Å². The second kappa shape index (κ2) is 6.50. The number of aryl methyl sites for hydroxylation is 1. The SMILES string of the molecule is CC(=O)Nc1ccc(NC(=O)c2ccc3ccccc3n2)cc1C. The first-order chi connectivity index (χ1) is 11.5. The van der Waals surface area contributed by atoms with Gasteiger partial charge in [0.25, 0.3) is 5.91 Å². The molecule has 0 saturated heterocycles. The lowest BCUT2D eigenvalue weighted by Gasteiger charge is -2.10. The van der Waals surface area contributed by atoms with Crippen LogP contribution in [0.5, 0.6) is 0 Å². The molecule has 0 spiro atoms. The van der Waals surface area contributed by atoms with Gasteiger partial charge in [0, 0.05) is 23.7 Å². The van der Waals surface area contributed by atoms with Gasteiger partial charge in [0.1, 0.15) is 5.69 Å². The summed E-state index contributed by atoms with van der Waals surface area (Å²) < 4.78 is 0. The highest BCUT2D eigenvalue weighted by molar-refractivity contribution is 6.04. The van der Waals surface area contributed by atoms with Crippen molar-refractivity contribution in [2.45, 2.75) is 13.8 Å². The van der Waals surface area contributed by atoms with Crippen molar-refractivity contribution in [1.29, 1.82) is 0 Å². The summed E-state index contributed by atoms with van der Waals surface area (Å²) in [5.41, 5.74) is 3.39. The molecule has 3 aromatic rings. The largest absolute Gasteiger partial charge is 0.326 e. The molecule has 1 aromatic heterocycles. The third-order valence-corrected chi connectivity index (χ3v) is 3.63. The van der Waals surface area contributed by atoms with Crippen LogP contribution in [0.4, 0.5) is 11.4 Å². The summed E-state index contributed by atoms with van der Waals surface area (Å²) in [6.07, 6.45) is 0.